The maximum absolute atomic E-state index is 15.5. The summed E-state index contributed by atoms with van der Waals surface area (Å²) >= 11 is 1.18. The minimum Gasteiger partial charge on any atom is -0.505 e. The van der Waals surface area contributed by atoms with Crippen LogP contribution in [0.2, 0.25) is 0 Å². The van der Waals surface area contributed by atoms with Crippen LogP contribution in [-0.4, -0.2) is 57.8 Å². The van der Waals surface area contributed by atoms with E-state index in [4.69, 9.17) is 0 Å². The Morgan fingerprint density at radius 1 is 1.34 bits per heavy atom. The van der Waals surface area contributed by atoms with E-state index >= 15 is 4.39 Å². The molecular formula is C26H25F4N5O2S. The second kappa shape index (κ2) is 10.6. The number of likely N-dealkylation sites (N-methyl/N-ethyl adjacent to an activating group) is 1. The SMILES string of the molecule is CCn1cc(-c2c(C3CN(C(=O)/C=C/CN(C)C)Cc4sc(C#N)cc43)ccc(O)c2F)c(C(F)(F)F)n1. The number of rotatable bonds is 6. The fraction of sp³-hybridized carbons (Fsp3) is 0.346. The van der Waals surface area contributed by atoms with Gasteiger partial charge in [-0.15, -0.1) is 11.3 Å². The minimum absolute atomic E-state index is 0.0419. The Morgan fingerprint density at radius 2 is 2.08 bits per heavy atom. The number of thiophene rings is 1. The number of halogens is 4. The van der Waals surface area contributed by atoms with Gasteiger partial charge in [-0.2, -0.15) is 23.5 Å². The van der Waals surface area contributed by atoms with Crippen molar-refractivity contribution in [3.05, 3.63) is 68.9 Å². The Kier molecular flexibility index (Phi) is 7.62. The van der Waals surface area contributed by atoms with Crippen molar-refractivity contribution in [2.45, 2.75) is 32.1 Å². The molecule has 0 aliphatic carbocycles. The lowest BCUT2D eigenvalue weighted by atomic mass is 9.83. The molecule has 0 spiro atoms. The number of nitrogens with zero attached hydrogens (tertiary/aromatic N) is 5. The van der Waals surface area contributed by atoms with Crippen LogP contribution in [0.4, 0.5) is 17.6 Å². The van der Waals surface area contributed by atoms with Crippen molar-refractivity contribution < 1.29 is 27.5 Å². The molecule has 1 aliphatic rings. The van der Waals surface area contributed by atoms with Gasteiger partial charge in [0, 0.05) is 53.8 Å². The van der Waals surface area contributed by atoms with Gasteiger partial charge in [-0.05, 0) is 44.3 Å². The van der Waals surface area contributed by atoms with Crippen molar-refractivity contribution in [1.82, 2.24) is 19.6 Å². The van der Waals surface area contributed by atoms with E-state index in [2.05, 4.69) is 11.2 Å². The number of phenols is 1. The predicted octanol–water partition coefficient (Wildman–Crippen LogP) is 4.96. The molecule has 1 atom stereocenters. The summed E-state index contributed by atoms with van der Waals surface area (Å²) in [5.41, 5.74) is -1.43. The van der Waals surface area contributed by atoms with E-state index in [1.807, 2.05) is 19.0 Å². The quantitative estimate of drug-likeness (QED) is 0.349. The fourth-order valence-electron chi connectivity index (χ4n) is 4.50. The highest BCUT2D eigenvalue weighted by Gasteiger charge is 2.40. The number of nitriles is 1. The van der Waals surface area contributed by atoms with E-state index in [1.165, 1.54) is 28.4 Å². The Bertz CT molecular complexity index is 1430. The maximum Gasteiger partial charge on any atom is 0.435 e. The summed E-state index contributed by atoms with van der Waals surface area (Å²) in [6, 6.07) is 6.15. The summed E-state index contributed by atoms with van der Waals surface area (Å²) in [4.78, 5) is 17.5. The molecule has 200 valence electrons. The Morgan fingerprint density at radius 3 is 2.71 bits per heavy atom. The molecule has 3 aromatic rings. The molecule has 0 fully saturated rings. The van der Waals surface area contributed by atoms with E-state index in [-0.39, 0.29) is 31.1 Å². The van der Waals surface area contributed by atoms with Gasteiger partial charge in [-0.1, -0.05) is 12.1 Å². The topological polar surface area (TPSA) is 85.4 Å². The van der Waals surface area contributed by atoms with Crippen molar-refractivity contribution in [2.24, 2.45) is 0 Å². The summed E-state index contributed by atoms with van der Waals surface area (Å²) < 4.78 is 58.5. The third-order valence-corrected chi connectivity index (χ3v) is 7.30. The Labute approximate surface area is 220 Å². The van der Waals surface area contributed by atoms with Crippen molar-refractivity contribution in [3.8, 4) is 22.9 Å². The van der Waals surface area contributed by atoms with Gasteiger partial charge in [0.2, 0.25) is 5.91 Å². The van der Waals surface area contributed by atoms with Crippen molar-refractivity contribution in [3.63, 3.8) is 0 Å². The standard InChI is InChI=1S/C26H25F4N5O2S/c1-4-35-13-19(25(32-35)26(28,29)30)23-16(7-8-20(36)24(23)27)18-12-34(22(37)6-5-9-33(2)3)14-21-17(18)10-15(11-31)38-21/h5-8,10,13,18,36H,4,9,12,14H2,1-3H3/b6-5+. The van der Waals surface area contributed by atoms with Crippen molar-refractivity contribution >= 4 is 17.2 Å². The largest absolute Gasteiger partial charge is 0.505 e. The van der Waals surface area contributed by atoms with Crippen LogP contribution in [0, 0.1) is 17.1 Å². The number of fused-ring (bicyclic) bond motifs is 1. The Hall–Kier alpha value is -3.69. The van der Waals surface area contributed by atoms with Gasteiger partial charge in [-0.25, -0.2) is 4.39 Å². The second-order valence-corrected chi connectivity index (χ2v) is 10.3. The number of carbonyl (C=O) groups is 1. The summed E-state index contributed by atoms with van der Waals surface area (Å²) in [7, 11) is 3.70. The number of alkyl halides is 3. The van der Waals surface area contributed by atoms with Crippen LogP contribution in [0.5, 0.6) is 5.75 Å². The molecule has 12 heteroatoms. The molecule has 7 nitrogen and oxygen atoms in total. The highest BCUT2D eigenvalue weighted by atomic mass is 32.1. The summed E-state index contributed by atoms with van der Waals surface area (Å²) in [5.74, 6) is -3.08. The average molecular weight is 548 g/mol. The van der Waals surface area contributed by atoms with Crippen LogP contribution in [0.15, 0.2) is 36.5 Å². The molecule has 1 amide bonds. The zero-order valence-electron chi connectivity index (χ0n) is 20.9. The van der Waals surface area contributed by atoms with Crippen LogP contribution in [0.1, 0.15) is 39.4 Å². The average Bonchev–Trinajstić information content (AvgIpc) is 3.48. The van der Waals surface area contributed by atoms with E-state index in [9.17, 15) is 28.3 Å². The van der Waals surface area contributed by atoms with Crippen molar-refractivity contribution in [2.75, 3.05) is 27.2 Å². The summed E-state index contributed by atoms with van der Waals surface area (Å²) in [6.45, 7) is 2.50. The number of carbonyl (C=O) groups excluding carboxylic acids is 1. The molecular weight excluding hydrogens is 522 g/mol. The summed E-state index contributed by atoms with van der Waals surface area (Å²) in [6.07, 6.45) is -0.651. The number of amides is 1. The van der Waals surface area contributed by atoms with E-state index in [0.717, 1.165) is 16.9 Å². The second-order valence-electron chi connectivity index (χ2n) is 9.14. The lowest BCUT2D eigenvalue weighted by molar-refractivity contribution is -0.141. The lowest BCUT2D eigenvalue weighted by Crippen LogP contribution is -2.37. The fourth-order valence-corrected chi connectivity index (χ4v) is 5.53. The molecule has 38 heavy (non-hydrogen) atoms. The van der Waals surface area contributed by atoms with Gasteiger partial charge in [0.1, 0.15) is 10.9 Å². The highest BCUT2D eigenvalue weighted by molar-refractivity contribution is 7.12. The van der Waals surface area contributed by atoms with Crippen LogP contribution < -0.4 is 0 Å². The first-order valence-corrected chi connectivity index (χ1v) is 12.5. The molecule has 1 unspecified atom stereocenters. The number of aryl methyl sites for hydroxylation is 1. The van der Waals surface area contributed by atoms with Gasteiger partial charge in [0.25, 0.3) is 0 Å². The van der Waals surface area contributed by atoms with Crippen molar-refractivity contribution in [1.29, 1.82) is 5.26 Å². The lowest BCUT2D eigenvalue weighted by Gasteiger charge is -2.33. The third-order valence-electron chi connectivity index (χ3n) is 6.26. The number of aromatic nitrogens is 2. The normalized spacial score (nSPS) is 15.8. The molecule has 0 bridgehead atoms. The van der Waals surface area contributed by atoms with Crippen LogP contribution in [0.25, 0.3) is 11.1 Å². The van der Waals surface area contributed by atoms with Gasteiger partial charge < -0.3 is 14.9 Å². The molecule has 2 aromatic heterocycles. The molecule has 0 saturated carbocycles. The van der Waals surface area contributed by atoms with E-state index in [1.54, 1.807) is 19.1 Å². The van der Waals surface area contributed by atoms with E-state index in [0.29, 0.717) is 21.9 Å². The first-order valence-electron chi connectivity index (χ1n) is 11.7. The summed E-state index contributed by atoms with van der Waals surface area (Å²) in [5, 5.41) is 23.3. The first kappa shape index (κ1) is 27.3. The molecule has 1 N–H and O–H groups in total. The number of aromatic hydroxyl groups is 1. The first-order chi connectivity index (χ1) is 17.9. The third kappa shape index (κ3) is 5.30. The minimum atomic E-state index is -4.88. The molecule has 1 aliphatic heterocycles. The van der Waals surface area contributed by atoms with Gasteiger partial charge in [0.05, 0.1) is 6.54 Å². The van der Waals surface area contributed by atoms with Gasteiger partial charge in [0.15, 0.2) is 17.3 Å². The maximum atomic E-state index is 15.5. The monoisotopic (exact) mass is 547 g/mol. The zero-order valence-corrected chi connectivity index (χ0v) is 21.7. The number of benzene rings is 1. The van der Waals surface area contributed by atoms with Gasteiger partial charge in [-0.3, -0.25) is 9.48 Å². The highest BCUT2D eigenvalue weighted by Crippen LogP contribution is 2.46. The smallest absolute Gasteiger partial charge is 0.435 e. The predicted molar refractivity (Wildman–Crippen MR) is 134 cm³/mol. The molecule has 0 radical (unpaired) electrons. The number of hydrogen-bond donors (Lipinski definition) is 1. The van der Waals surface area contributed by atoms with E-state index < -0.39 is 40.5 Å². The number of hydrogen-bond acceptors (Lipinski definition) is 6. The van der Waals surface area contributed by atoms with Crippen LogP contribution in [0.3, 0.4) is 0 Å². The Balaban J connectivity index is 1.89. The molecule has 0 saturated heterocycles. The van der Waals surface area contributed by atoms with Crippen LogP contribution in [-0.2, 0) is 24.1 Å². The molecule has 4 rings (SSSR count). The van der Waals surface area contributed by atoms with Gasteiger partial charge >= 0.3 is 6.18 Å². The van der Waals surface area contributed by atoms with Crippen LogP contribution >= 0.6 is 11.3 Å². The molecule has 1 aromatic carbocycles. The number of phenolic OH excluding ortho intramolecular Hbond substituents is 1. The zero-order chi connectivity index (χ0) is 27.8. The molecule has 3 heterocycles.